The highest BCUT2D eigenvalue weighted by Gasteiger charge is 2.41. The van der Waals surface area contributed by atoms with Gasteiger partial charge >= 0.3 is 5.97 Å². The molecule has 0 saturated heterocycles. The van der Waals surface area contributed by atoms with E-state index in [0.717, 1.165) is 19.3 Å². The zero-order valence-corrected chi connectivity index (χ0v) is 14.8. The molecule has 2 bridgehead atoms. The fourth-order valence-electron chi connectivity index (χ4n) is 3.91. The number of rotatable bonds is 5. The van der Waals surface area contributed by atoms with E-state index in [2.05, 4.69) is 5.32 Å². The summed E-state index contributed by atoms with van der Waals surface area (Å²) in [7, 11) is 0. The van der Waals surface area contributed by atoms with E-state index in [4.69, 9.17) is 4.74 Å². The van der Waals surface area contributed by atoms with Crippen molar-refractivity contribution in [3.8, 4) is 0 Å². The zero-order valence-electron chi connectivity index (χ0n) is 14.8. The summed E-state index contributed by atoms with van der Waals surface area (Å²) in [6, 6.07) is 6.51. The van der Waals surface area contributed by atoms with Crippen LogP contribution in [0.1, 0.15) is 49.4 Å². The monoisotopic (exact) mass is 357 g/mol. The van der Waals surface area contributed by atoms with E-state index in [1.807, 2.05) is 0 Å². The van der Waals surface area contributed by atoms with Gasteiger partial charge in [-0.25, -0.2) is 0 Å². The van der Waals surface area contributed by atoms with E-state index in [9.17, 15) is 19.2 Å². The Balaban J connectivity index is 1.47. The Hall–Kier alpha value is -2.50. The summed E-state index contributed by atoms with van der Waals surface area (Å²) in [5, 5.41) is 2.63. The molecule has 2 fully saturated rings. The highest BCUT2D eigenvalue weighted by atomic mass is 16.5. The molecule has 1 aromatic carbocycles. The number of carbonyl (C=O) groups excluding carboxylic acids is 4. The molecule has 2 saturated carbocycles. The Morgan fingerprint density at radius 1 is 1.08 bits per heavy atom. The maximum Gasteiger partial charge on any atom is 0.309 e. The van der Waals surface area contributed by atoms with Crippen molar-refractivity contribution in [1.29, 1.82) is 0 Å². The van der Waals surface area contributed by atoms with Crippen LogP contribution >= 0.6 is 0 Å². The predicted molar refractivity (Wildman–Crippen MR) is 94.6 cm³/mol. The number of esters is 1. The maximum atomic E-state index is 12.3. The minimum atomic E-state index is -0.430. The standard InChI is InChI=1S/C20H23NO5/c1-12(22)13-5-7-17(8-6-13)21-18(23)11-26-20(25)16-9-14-3-2-4-15(10-16)19(14)24/h5-8,14-16H,2-4,9-11H2,1H3,(H,21,23)/t14-,15+,16?. The number of anilines is 1. The molecule has 1 unspecified atom stereocenters. The number of hydrogen-bond acceptors (Lipinski definition) is 5. The van der Waals surface area contributed by atoms with Gasteiger partial charge in [0.15, 0.2) is 12.4 Å². The Kier molecular flexibility index (Phi) is 5.49. The molecule has 138 valence electrons. The third-order valence-electron chi connectivity index (χ3n) is 5.30. The average Bonchev–Trinajstić information content (AvgIpc) is 2.60. The van der Waals surface area contributed by atoms with Crippen LogP contribution in [0.25, 0.3) is 0 Å². The van der Waals surface area contributed by atoms with Crippen molar-refractivity contribution in [1.82, 2.24) is 0 Å². The van der Waals surface area contributed by atoms with Gasteiger partial charge < -0.3 is 10.1 Å². The van der Waals surface area contributed by atoms with Crippen molar-refractivity contribution in [2.24, 2.45) is 17.8 Å². The van der Waals surface area contributed by atoms with Crippen molar-refractivity contribution in [2.75, 3.05) is 11.9 Å². The Morgan fingerprint density at radius 3 is 2.27 bits per heavy atom. The highest BCUT2D eigenvalue weighted by molar-refractivity contribution is 5.96. The van der Waals surface area contributed by atoms with Gasteiger partial charge in [0, 0.05) is 23.1 Å². The number of fused-ring (bicyclic) bond motifs is 2. The van der Waals surface area contributed by atoms with Crippen molar-refractivity contribution in [2.45, 2.75) is 39.0 Å². The predicted octanol–water partition coefficient (Wildman–Crippen LogP) is 2.77. The van der Waals surface area contributed by atoms with Crippen molar-refractivity contribution < 1.29 is 23.9 Å². The summed E-state index contributed by atoms with van der Waals surface area (Å²) < 4.78 is 5.16. The van der Waals surface area contributed by atoms with Gasteiger partial charge in [0.2, 0.25) is 0 Å². The Bertz CT molecular complexity index is 708. The van der Waals surface area contributed by atoms with Gasteiger partial charge in [0.05, 0.1) is 5.92 Å². The summed E-state index contributed by atoms with van der Waals surface area (Å²) >= 11 is 0. The zero-order chi connectivity index (χ0) is 18.7. The van der Waals surface area contributed by atoms with Crippen LogP contribution < -0.4 is 5.32 Å². The number of Topliss-reactive ketones (excluding diaryl/α,β-unsaturated/α-hetero) is 2. The Morgan fingerprint density at radius 2 is 1.69 bits per heavy atom. The van der Waals surface area contributed by atoms with E-state index >= 15 is 0 Å². The van der Waals surface area contributed by atoms with Crippen molar-refractivity contribution in [3.63, 3.8) is 0 Å². The molecule has 3 rings (SSSR count). The molecule has 2 aliphatic carbocycles. The fourth-order valence-corrected chi connectivity index (χ4v) is 3.91. The molecule has 3 atom stereocenters. The first-order valence-electron chi connectivity index (χ1n) is 9.05. The lowest BCUT2D eigenvalue weighted by molar-refractivity contribution is -0.155. The molecule has 0 radical (unpaired) electrons. The third kappa shape index (κ3) is 4.18. The van der Waals surface area contributed by atoms with Gasteiger partial charge in [0.25, 0.3) is 5.91 Å². The van der Waals surface area contributed by atoms with Crippen LogP contribution in [-0.4, -0.2) is 30.0 Å². The fraction of sp³-hybridized carbons (Fsp3) is 0.500. The van der Waals surface area contributed by atoms with E-state index < -0.39 is 11.9 Å². The van der Waals surface area contributed by atoms with Gasteiger partial charge in [-0.3, -0.25) is 19.2 Å². The lowest BCUT2D eigenvalue weighted by Gasteiger charge is -2.36. The number of hydrogen-bond donors (Lipinski definition) is 1. The van der Waals surface area contributed by atoms with Crippen LogP contribution in [0.4, 0.5) is 5.69 Å². The van der Waals surface area contributed by atoms with E-state index in [1.165, 1.54) is 6.92 Å². The molecule has 0 spiro atoms. The first-order valence-corrected chi connectivity index (χ1v) is 9.05. The molecule has 0 heterocycles. The molecular weight excluding hydrogens is 334 g/mol. The van der Waals surface area contributed by atoms with Crippen LogP contribution in [0.5, 0.6) is 0 Å². The van der Waals surface area contributed by atoms with Crippen molar-refractivity contribution >= 4 is 29.1 Å². The number of ether oxygens (including phenoxy) is 1. The van der Waals surface area contributed by atoms with E-state index in [-0.39, 0.29) is 30.1 Å². The van der Waals surface area contributed by atoms with Crippen LogP contribution in [0.3, 0.4) is 0 Å². The number of ketones is 2. The van der Waals surface area contributed by atoms with Gasteiger partial charge in [-0.2, -0.15) is 0 Å². The maximum absolute atomic E-state index is 12.3. The summed E-state index contributed by atoms with van der Waals surface area (Å²) in [4.78, 5) is 47.5. The van der Waals surface area contributed by atoms with Crippen LogP contribution in [-0.2, 0) is 19.1 Å². The Labute approximate surface area is 152 Å². The SMILES string of the molecule is CC(=O)c1ccc(NC(=O)COC(=O)C2C[C@H]3CCC[C@@H](C2)C3=O)cc1. The molecule has 1 aromatic rings. The number of nitrogens with one attached hydrogen (secondary N) is 1. The quantitative estimate of drug-likeness (QED) is 0.646. The molecule has 6 nitrogen and oxygen atoms in total. The van der Waals surface area contributed by atoms with Crippen LogP contribution in [0, 0.1) is 17.8 Å². The normalized spacial score (nSPS) is 24.7. The summed E-state index contributed by atoms with van der Waals surface area (Å²) in [6.45, 7) is 1.12. The molecule has 1 amide bonds. The van der Waals surface area contributed by atoms with Crippen molar-refractivity contribution in [3.05, 3.63) is 29.8 Å². The largest absolute Gasteiger partial charge is 0.455 e. The topological polar surface area (TPSA) is 89.5 Å². The number of amides is 1. The second-order valence-corrected chi connectivity index (χ2v) is 7.18. The molecule has 0 aromatic heterocycles. The van der Waals surface area contributed by atoms with Gasteiger partial charge in [-0.1, -0.05) is 6.42 Å². The summed E-state index contributed by atoms with van der Waals surface area (Å²) in [5.41, 5.74) is 1.10. The van der Waals surface area contributed by atoms with Gasteiger partial charge in [-0.05, 0) is 56.9 Å². The first-order chi connectivity index (χ1) is 12.4. The molecule has 2 aliphatic rings. The van der Waals surface area contributed by atoms with Crippen LogP contribution in [0.2, 0.25) is 0 Å². The van der Waals surface area contributed by atoms with E-state index in [0.29, 0.717) is 29.9 Å². The second-order valence-electron chi connectivity index (χ2n) is 7.18. The molecule has 26 heavy (non-hydrogen) atoms. The lowest BCUT2D eigenvalue weighted by Crippen LogP contribution is -2.40. The number of benzene rings is 1. The molecule has 1 N–H and O–H groups in total. The molecular formula is C20H23NO5. The smallest absolute Gasteiger partial charge is 0.309 e. The van der Waals surface area contributed by atoms with Gasteiger partial charge in [0.1, 0.15) is 5.78 Å². The summed E-state index contributed by atoms with van der Waals surface area (Å²) in [5.74, 6) is -0.898. The van der Waals surface area contributed by atoms with E-state index in [1.54, 1.807) is 24.3 Å². The minimum Gasteiger partial charge on any atom is -0.455 e. The summed E-state index contributed by atoms with van der Waals surface area (Å²) in [6.07, 6.45) is 3.85. The lowest BCUT2D eigenvalue weighted by atomic mass is 9.67. The first kappa shape index (κ1) is 18.3. The number of carbonyl (C=O) groups is 4. The van der Waals surface area contributed by atoms with Gasteiger partial charge in [-0.15, -0.1) is 0 Å². The average molecular weight is 357 g/mol. The third-order valence-corrected chi connectivity index (χ3v) is 5.30. The van der Waals surface area contributed by atoms with Crippen LogP contribution in [0.15, 0.2) is 24.3 Å². The highest BCUT2D eigenvalue weighted by Crippen LogP contribution is 2.40. The minimum absolute atomic E-state index is 0.0198. The molecule has 0 aliphatic heterocycles. The molecule has 6 heteroatoms. The second kappa shape index (κ2) is 7.81.